The molecule has 8 N–H and O–H groups in total. The summed E-state index contributed by atoms with van der Waals surface area (Å²) in [5, 5.41) is 21.2. The molecule has 0 aliphatic heterocycles. The van der Waals surface area contributed by atoms with Crippen LogP contribution in [0.2, 0.25) is 0 Å². The lowest BCUT2D eigenvalue weighted by molar-refractivity contribution is -0.137. The van der Waals surface area contributed by atoms with E-state index in [9.17, 15) is 27.6 Å². The fourth-order valence-electron chi connectivity index (χ4n) is 5.05. The van der Waals surface area contributed by atoms with Gasteiger partial charge in [0.1, 0.15) is 6.04 Å². The molecular formula is C42H53F3N8O4. The minimum atomic E-state index is -4.32. The first kappa shape index (κ1) is 47.1. The number of nitrogens with one attached hydrogen (secondary N) is 5. The topological polar surface area (TPSA) is 183 Å². The molecule has 1 unspecified atom stereocenters. The van der Waals surface area contributed by atoms with Crippen molar-refractivity contribution in [2.75, 3.05) is 34.9 Å². The summed E-state index contributed by atoms with van der Waals surface area (Å²) in [4.78, 5) is 42.9. The van der Waals surface area contributed by atoms with Gasteiger partial charge < -0.3 is 37.4 Å². The van der Waals surface area contributed by atoms with Crippen molar-refractivity contribution in [2.45, 2.75) is 72.0 Å². The number of nitrogens with two attached hydrogens (primary N) is 1. The number of hydrogen-bond acceptors (Lipinski definition) is 9. The summed E-state index contributed by atoms with van der Waals surface area (Å²) in [7, 11) is 1.00. The number of carbonyl (C=O) groups excluding carboxylic acids is 3. The number of aromatic nitrogens is 2. The van der Waals surface area contributed by atoms with Gasteiger partial charge in [0.25, 0.3) is 0 Å². The minimum Gasteiger partial charge on any atom is -0.400 e. The van der Waals surface area contributed by atoms with Crippen LogP contribution in [-0.2, 0) is 20.6 Å². The van der Waals surface area contributed by atoms with Crippen molar-refractivity contribution in [1.29, 1.82) is 0 Å². The molecule has 15 heteroatoms. The highest BCUT2D eigenvalue weighted by molar-refractivity contribution is 5.99. The van der Waals surface area contributed by atoms with E-state index in [0.717, 1.165) is 55.5 Å². The Hall–Kier alpha value is -6.06. The number of halogens is 3. The molecule has 4 aromatic rings. The van der Waals surface area contributed by atoms with Crippen LogP contribution in [0, 0.1) is 13.8 Å². The second-order valence-corrected chi connectivity index (χ2v) is 12.3. The van der Waals surface area contributed by atoms with Crippen LogP contribution in [0.15, 0.2) is 97.4 Å². The molecule has 1 fully saturated rings. The van der Waals surface area contributed by atoms with Crippen molar-refractivity contribution >= 4 is 52.6 Å². The van der Waals surface area contributed by atoms with E-state index >= 15 is 0 Å². The van der Waals surface area contributed by atoms with Crippen LogP contribution in [0.4, 0.5) is 41.9 Å². The van der Waals surface area contributed by atoms with Gasteiger partial charge in [-0.05, 0) is 123 Å². The molecule has 1 aromatic heterocycles. The number of aliphatic hydroxyl groups excluding tert-OH is 1. The number of unbranched alkanes of at least 4 members (excludes halogenated alkanes) is 1. The van der Waals surface area contributed by atoms with E-state index in [1.165, 1.54) is 35.7 Å². The normalized spacial score (nSPS) is 11.6. The number of anilines is 5. The van der Waals surface area contributed by atoms with Gasteiger partial charge in [0.15, 0.2) is 0 Å². The fourth-order valence-corrected chi connectivity index (χ4v) is 5.05. The summed E-state index contributed by atoms with van der Waals surface area (Å²) >= 11 is 0. The summed E-state index contributed by atoms with van der Waals surface area (Å²) in [6, 6.07) is 17.8. The van der Waals surface area contributed by atoms with Crippen molar-refractivity contribution in [2.24, 2.45) is 5.73 Å². The number of alkyl halides is 3. The van der Waals surface area contributed by atoms with Crippen LogP contribution in [0.1, 0.15) is 68.2 Å². The first-order chi connectivity index (χ1) is 27.4. The van der Waals surface area contributed by atoms with Crippen LogP contribution in [0.25, 0.3) is 5.70 Å². The zero-order chi connectivity index (χ0) is 42.4. The van der Waals surface area contributed by atoms with Crippen LogP contribution < -0.4 is 32.3 Å². The SMILES string of the molecule is C=CC(=O)NC(CCCCN)C(=O)Nc1cccc(Nc2ncc(NC=O)cn2)c1.CC.CO.Cc1ccc(NC(=C2CC2)c2cccc(C(F)(F)F)c2)cc1C. The Morgan fingerprint density at radius 1 is 0.877 bits per heavy atom. The number of aryl methyl sites for hydroxylation is 2. The maximum absolute atomic E-state index is 12.9. The van der Waals surface area contributed by atoms with Crippen LogP contribution in [0.5, 0.6) is 0 Å². The molecule has 3 aromatic carbocycles. The Kier molecular flexibility index (Phi) is 20.2. The average molecular weight is 791 g/mol. The van der Waals surface area contributed by atoms with Crippen LogP contribution >= 0.6 is 0 Å². The van der Waals surface area contributed by atoms with Crippen LogP contribution in [-0.4, -0.2) is 53.0 Å². The van der Waals surface area contributed by atoms with Gasteiger partial charge in [0.05, 0.1) is 23.6 Å². The van der Waals surface area contributed by atoms with Gasteiger partial charge in [0, 0.05) is 29.9 Å². The highest BCUT2D eigenvalue weighted by Gasteiger charge is 2.31. The lowest BCUT2D eigenvalue weighted by atomic mass is 10.1. The molecule has 5 rings (SSSR count). The fraction of sp³-hybridized carbons (Fsp3) is 0.310. The van der Waals surface area contributed by atoms with Gasteiger partial charge in [-0.15, -0.1) is 0 Å². The van der Waals surface area contributed by atoms with E-state index in [-0.39, 0.29) is 5.91 Å². The number of nitrogens with zero attached hydrogens (tertiary/aromatic N) is 2. The molecule has 1 aliphatic carbocycles. The third kappa shape index (κ3) is 16.3. The minimum absolute atomic E-state index is 0.327. The standard InChI is InChI=1S/C20H25N7O3.C19H18F3N.C2H6.CH4O/c1-2-18(29)27-17(8-3-4-9-21)19(30)25-14-6-5-7-15(10-14)26-20-22-11-16(12-23-20)24-13-28;1-12-6-9-17(10-13(12)2)23-18(14-7-8-14)15-4-3-5-16(11-15)19(20,21)22;2*1-2/h2,5-7,10-13,17H,1,3-4,8-9,21H2,(H,24,28)(H,25,30)(H,27,29)(H,22,23,26);3-6,9-11,23H,7-8H2,1-2H3;1-2H3;2H,1H3. The largest absolute Gasteiger partial charge is 0.416 e. The van der Waals surface area contributed by atoms with E-state index in [0.29, 0.717) is 54.4 Å². The summed E-state index contributed by atoms with van der Waals surface area (Å²) in [6.07, 6.45) is 4.07. The lowest BCUT2D eigenvalue weighted by Gasteiger charge is -2.18. The molecule has 1 atom stereocenters. The summed E-state index contributed by atoms with van der Waals surface area (Å²) in [5.41, 5.74) is 12.4. The number of benzene rings is 3. The molecule has 12 nitrogen and oxygen atoms in total. The third-order valence-electron chi connectivity index (χ3n) is 8.14. The highest BCUT2D eigenvalue weighted by Crippen LogP contribution is 2.39. The zero-order valence-electron chi connectivity index (χ0n) is 33.0. The Labute approximate surface area is 332 Å². The third-order valence-corrected chi connectivity index (χ3v) is 8.14. The smallest absolute Gasteiger partial charge is 0.400 e. The molecule has 3 amide bonds. The number of amides is 3. The Morgan fingerprint density at radius 3 is 2.12 bits per heavy atom. The lowest BCUT2D eigenvalue weighted by Crippen LogP contribution is -2.43. The average Bonchev–Trinajstić information content (AvgIpc) is 4.06. The summed E-state index contributed by atoms with van der Waals surface area (Å²) in [5.74, 6) is -0.421. The maximum atomic E-state index is 12.9. The molecule has 0 bridgehead atoms. The van der Waals surface area contributed by atoms with E-state index in [1.807, 2.05) is 45.9 Å². The van der Waals surface area contributed by atoms with Crippen molar-refractivity contribution < 1.29 is 32.7 Å². The molecule has 0 spiro atoms. The maximum Gasteiger partial charge on any atom is 0.416 e. The van der Waals surface area contributed by atoms with Gasteiger partial charge in [-0.3, -0.25) is 14.4 Å². The molecular weight excluding hydrogens is 738 g/mol. The molecule has 0 radical (unpaired) electrons. The molecule has 1 aliphatic rings. The van der Waals surface area contributed by atoms with Gasteiger partial charge in [-0.2, -0.15) is 13.2 Å². The van der Waals surface area contributed by atoms with E-state index in [2.05, 4.69) is 43.1 Å². The Bertz CT molecular complexity index is 1930. The quantitative estimate of drug-likeness (QED) is 0.0355. The van der Waals surface area contributed by atoms with E-state index in [1.54, 1.807) is 30.3 Å². The zero-order valence-corrected chi connectivity index (χ0v) is 33.0. The number of allylic oxidation sites excluding steroid dienone is 1. The summed E-state index contributed by atoms with van der Waals surface area (Å²) in [6.45, 7) is 12.0. The van der Waals surface area contributed by atoms with Gasteiger partial charge in [-0.25, -0.2) is 9.97 Å². The number of hydrogen-bond donors (Lipinski definition) is 7. The first-order valence-corrected chi connectivity index (χ1v) is 18.4. The first-order valence-electron chi connectivity index (χ1n) is 18.4. The Morgan fingerprint density at radius 2 is 1.53 bits per heavy atom. The second-order valence-electron chi connectivity index (χ2n) is 12.3. The van der Waals surface area contributed by atoms with Crippen molar-refractivity contribution in [3.63, 3.8) is 0 Å². The number of aliphatic hydroxyl groups is 1. The molecule has 306 valence electrons. The Balaban J connectivity index is 0.000000371. The van der Waals surface area contributed by atoms with Crippen molar-refractivity contribution in [3.05, 3.63) is 120 Å². The van der Waals surface area contributed by atoms with Gasteiger partial charge in [0.2, 0.25) is 24.2 Å². The van der Waals surface area contributed by atoms with Gasteiger partial charge >= 0.3 is 6.18 Å². The van der Waals surface area contributed by atoms with Crippen LogP contribution in [0.3, 0.4) is 0 Å². The second kappa shape index (κ2) is 24.5. The molecule has 1 heterocycles. The van der Waals surface area contributed by atoms with Gasteiger partial charge in [-0.1, -0.05) is 44.7 Å². The number of rotatable bonds is 15. The summed E-state index contributed by atoms with van der Waals surface area (Å²) < 4.78 is 38.8. The molecule has 0 saturated heterocycles. The van der Waals surface area contributed by atoms with Crippen molar-refractivity contribution in [3.8, 4) is 0 Å². The molecule has 57 heavy (non-hydrogen) atoms. The predicted octanol–water partition coefficient (Wildman–Crippen LogP) is 8.10. The van der Waals surface area contributed by atoms with E-state index < -0.39 is 23.7 Å². The molecule has 1 saturated carbocycles. The highest BCUT2D eigenvalue weighted by atomic mass is 19.4. The monoisotopic (exact) mass is 790 g/mol. The van der Waals surface area contributed by atoms with E-state index in [4.69, 9.17) is 10.8 Å². The number of carbonyl (C=O) groups is 3. The van der Waals surface area contributed by atoms with Crippen molar-refractivity contribution in [1.82, 2.24) is 15.3 Å². The predicted molar refractivity (Wildman–Crippen MR) is 222 cm³/mol.